The molecule has 1 atom stereocenters. The molecule has 1 unspecified atom stereocenters. The molecule has 1 aromatic carbocycles. The van der Waals surface area contributed by atoms with Gasteiger partial charge in [-0.25, -0.2) is 0 Å². The molecule has 0 amide bonds. The summed E-state index contributed by atoms with van der Waals surface area (Å²) >= 11 is 0. The standard InChI is InChI=1S/C12H19NO/c1-9-5-6-10(2)11(7-9)12(14-4)8-13-3/h5-7,12-13H,8H2,1-4H3. The molecule has 0 aliphatic heterocycles. The van der Waals surface area contributed by atoms with Gasteiger partial charge in [-0.3, -0.25) is 0 Å². The lowest BCUT2D eigenvalue weighted by Gasteiger charge is -2.18. The number of aryl methyl sites for hydroxylation is 2. The van der Waals surface area contributed by atoms with E-state index in [9.17, 15) is 0 Å². The van der Waals surface area contributed by atoms with Crippen molar-refractivity contribution in [2.45, 2.75) is 20.0 Å². The van der Waals surface area contributed by atoms with Gasteiger partial charge < -0.3 is 10.1 Å². The van der Waals surface area contributed by atoms with E-state index in [2.05, 4.69) is 37.4 Å². The van der Waals surface area contributed by atoms with Crippen molar-refractivity contribution in [2.24, 2.45) is 0 Å². The minimum absolute atomic E-state index is 0.153. The Hall–Kier alpha value is -0.860. The van der Waals surface area contributed by atoms with E-state index in [4.69, 9.17) is 4.74 Å². The molecular formula is C12H19NO. The lowest BCUT2D eigenvalue weighted by atomic mass is 10.0. The maximum atomic E-state index is 5.45. The lowest BCUT2D eigenvalue weighted by Crippen LogP contribution is -2.19. The van der Waals surface area contributed by atoms with Crippen LogP contribution in [0.3, 0.4) is 0 Å². The van der Waals surface area contributed by atoms with E-state index in [0.29, 0.717) is 0 Å². The minimum Gasteiger partial charge on any atom is -0.375 e. The molecular weight excluding hydrogens is 174 g/mol. The van der Waals surface area contributed by atoms with Gasteiger partial charge in [0.05, 0.1) is 6.10 Å². The van der Waals surface area contributed by atoms with Crippen molar-refractivity contribution in [3.8, 4) is 0 Å². The third kappa shape index (κ3) is 2.56. The first kappa shape index (κ1) is 11.2. The molecule has 2 nitrogen and oxygen atoms in total. The molecule has 0 aliphatic carbocycles. The molecule has 0 saturated carbocycles. The normalized spacial score (nSPS) is 12.9. The number of nitrogens with one attached hydrogen (secondary N) is 1. The molecule has 0 heterocycles. The molecule has 1 N–H and O–H groups in total. The number of methoxy groups -OCH3 is 1. The first-order valence-corrected chi connectivity index (χ1v) is 4.93. The van der Waals surface area contributed by atoms with Crippen LogP contribution in [-0.4, -0.2) is 20.7 Å². The molecule has 14 heavy (non-hydrogen) atoms. The largest absolute Gasteiger partial charge is 0.375 e. The Balaban J connectivity index is 2.96. The number of benzene rings is 1. The van der Waals surface area contributed by atoms with Crippen LogP contribution in [0.5, 0.6) is 0 Å². The molecule has 0 fully saturated rings. The summed E-state index contributed by atoms with van der Waals surface area (Å²) in [6.45, 7) is 5.08. The zero-order valence-electron chi connectivity index (χ0n) is 9.42. The second kappa shape index (κ2) is 5.13. The van der Waals surface area contributed by atoms with Gasteiger partial charge in [-0.2, -0.15) is 0 Å². The van der Waals surface area contributed by atoms with Gasteiger partial charge in [0.1, 0.15) is 0 Å². The third-order valence-electron chi connectivity index (χ3n) is 2.46. The first-order chi connectivity index (χ1) is 6.69. The van der Waals surface area contributed by atoms with Gasteiger partial charge in [0, 0.05) is 13.7 Å². The highest BCUT2D eigenvalue weighted by atomic mass is 16.5. The number of likely N-dealkylation sites (N-methyl/N-ethyl adjacent to an activating group) is 1. The monoisotopic (exact) mass is 193 g/mol. The van der Waals surface area contributed by atoms with Gasteiger partial charge >= 0.3 is 0 Å². The van der Waals surface area contributed by atoms with Crippen molar-refractivity contribution in [3.63, 3.8) is 0 Å². The topological polar surface area (TPSA) is 21.3 Å². The molecule has 1 aromatic rings. The van der Waals surface area contributed by atoms with Crippen molar-refractivity contribution in [2.75, 3.05) is 20.7 Å². The van der Waals surface area contributed by atoms with Crippen molar-refractivity contribution >= 4 is 0 Å². The predicted molar refractivity (Wildman–Crippen MR) is 59.6 cm³/mol. The van der Waals surface area contributed by atoms with Crippen LogP contribution in [-0.2, 0) is 4.74 Å². The fourth-order valence-electron chi connectivity index (χ4n) is 1.61. The number of rotatable bonds is 4. The maximum absolute atomic E-state index is 5.45. The molecule has 0 aliphatic rings. The van der Waals surface area contributed by atoms with Crippen LogP contribution >= 0.6 is 0 Å². The molecule has 0 bridgehead atoms. The molecule has 0 aromatic heterocycles. The Bertz CT molecular complexity index is 296. The Kier molecular flexibility index (Phi) is 4.11. The number of hydrogen-bond acceptors (Lipinski definition) is 2. The smallest absolute Gasteiger partial charge is 0.0947 e. The second-order valence-electron chi connectivity index (χ2n) is 3.64. The predicted octanol–water partition coefficient (Wildman–Crippen LogP) is 2.21. The lowest BCUT2D eigenvalue weighted by molar-refractivity contribution is 0.104. The van der Waals surface area contributed by atoms with Crippen molar-refractivity contribution in [3.05, 3.63) is 34.9 Å². The minimum atomic E-state index is 0.153. The zero-order chi connectivity index (χ0) is 10.6. The fraction of sp³-hybridized carbons (Fsp3) is 0.500. The first-order valence-electron chi connectivity index (χ1n) is 4.93. The van der Waals surface area contributed by atoms with Crippen LogP contribution in [0.2, 0.25) is 0 Å². The molecule has 2 heteroatoms. The van der Waals surface area contributed by atoms with Crippen LogP contribution in [0, 0.1) is 13.8 Å². The summed E-state index contributed by atoms with van der Waals surface area (Å²) in [6, 6.07) is 6.47. The van der Waals surface area contributed by atoms with Gasteiger partial charge in [0.2, 0.25) is 0 Å². The highest BCUT2D eigenvalue weighted by molar-refractivity contribution is 5.32. The van der Waals surface area contributed by atoms with Crippen LogP contribution in [0.1, 0.15) is 22.8 Å². The van der Waals surface area contributed by atoms with Crippen LogP contribution < -0.4 is 5.32 Å². The van der Waals surface area contributed by atoms with E-state index in [1.165, 1.54) is 16.7 Å². The summed E-state index contributed by atoms with van der Waals surface area (Å²) < 4.78 is 5.45. The highest BCUT2D eigenvalue weighted by Gasteiger charge is 2.11. The van der Waals surface area contributed by atoms with Gasteiger partial charge in [0.25, 0.3) is 0 Å². The maximum Gasteiger partial charge on any atom is 0.0947 e. The molecule has 0 spiro atoms. The average Bonchev–Trinajstić information content (AvgIpc) is 2.18. The number of hydrogen-bond donors (Lipinski definition) is 1. The SMILES string of the molecule is CNCC(OC)c1cc(C)ccc1C. The quantitative estimate of drug-likeness (QED) is 0.791. The summed E-state index contributed by atoms with van der Waals surface area (Å²) in [4.78, 5) is 0. The Labute approximate surface area is 86.3 Å². The zero-order valence-corrected chi connectivity index (χ0v) is 9.42. The Morgan fingerprint density at radius 3 is 2.64 bits per heavy atom. The molecule has 78 valence electrons. The van der Waals surface area contributed by atoms with E-state index in [1.54, 1.807) is 7.11 Å². The average molecular weight is 193 g/mol. The van der Waals surface area contributed by atoms with E-state index in [0.717, 1.165) is 6.54 Å². The van der Waals surface area contributed by atoms with E-state index in [-0.39, 0.29) is 6.10 Å². The van der Waals surface area contributed by atoms with Gasteiger partial charge in [-0.1, -0.05) is 23.8 Å². The number of ether oxygens (including phenoxy) is 1. The summed E-state index contributed by atoms with van der Waals surface area (Å²) in [5, 5.41) is 3.14. The Morgan fingerprint density at radius 1 is 1.36 bits per heavy atom. The van der Waals surface area contributed by atoms with E-state index in [1.807, 2.05) is 7.05 Å². The summed E-state index contributed by atoms with van der Waals surface area (Å²) in [5.74, 6) is 0. The molecule has 1 rings (SSSR count). The van der Waals surface area contributed by atoms with Crippen LogP contribution in [0.4, 0.5) is 0 Å². The van der Waals surface area contributed by atoms with Crippen molar-refractivity contribution < 1.29 is 4.74 Å². The highest BCUT2D eigenvalue weighted by Crippen LogP contribution is 2.21. The third-order valence-corrected chi connectivity index (χ3v) is 2.46. The van der Waals surface area contributed by atoms with Gasteiger partial charge in [-0.15, -0.1) is 0 Å². The van der Waals surface area contributed by atoms with Crippen LogP contribution in [0.15, 0.2) is 18.2 Å². The molecule has 0 radical (unpaired) electrons. The van der Waals surface area contributed by atoms with E-state index >= 15 is 0 Å². The summed E-state index contributed by atoms with van der Waals surface area (Å²) in [6.07, 6.45) is 0.153. The molecule has 0 saturated heterocycles. The van der Waals surface area contributed by atoms with Crippen molar-refractivity contribution in [1.82, 2.24) is 5.32 Å². The Morgan fingerprint density at radius 2 is 2.07 bits per heavy atom. The van der Waals surface area contributed by atoms with Gasteiger partial charge in [0.15, 0.2) is 0 Å². The van der Waals surface area contributed by atoms with Gasteiger partial charge in [-0.05, 0) is 32.0 Å². The fourth-order valence-corrected chi connectivity index (χ4v) is 1.61. The van der Waals surface area contributed by atoms with E-state index < -0.39 is 0 Å². The summed E-state index contributed by atoms with van der Waals surface area (Å²) in [5.41, 5.74) is 3.85. The van der Waals surface area contributed by atoms with Crippen LogP contribution in [0.25, 0.3) is 0 Å². The van der Waals surface area contributed by atoms with Crippen molar-refractivity contribution in [1.29, 1.82) is 0 Å². The summed E-state index contributed by atoms with van der Waals surface area (Å²) in [7, 11) is 3.70. The second-order valence-corrected chi connectivity index (χ2v) is 3.64.